The standard InChI is InChI=1S/C22H23F3N4O5/c1-3-32-19(30)12-14(2)33-21(31)29-17-6-4-15(5-7-17)20(26)28-13-27-16-8-10-18(11-9-16)34-22(23,24)25/h4-11,13-14H,3,12H2,1-2H3,(H,29,31)(H2,26,27,28). The normalized spacial score (nSPS) is 12.8. The first-order valence-electron chi connectivity index (χ1n) is 10.0. The molecule has 0 saturated heterocycles. The number of amides is 1. The number of esters is 1. The Balaban J connectivity index is 1.88. The number of ether oxygens (including phenoxy) is 3. The van der Waals surface area contributed by atoms with Crippen molar-refractivity contribution in [2.75, 3.05) is 11.9 Å². The minimum atomic E-state index is -4.77. The third-order valence-corrected chi connectivity index (χ3v) is 3.97. The van der Waals surface area contributed by atoms with Crippen LogP contribution in [-0.4, -0.2) is 43.3 Å². The summed E-state index contributed by atoms with van der Waals surface area (Å²) in [5, 5.41) is 2.53. The van der Waals surface area contributed by atoms with Gasteiger partial charge in [0.25, 0.3) is 0 Å². The van der Waals surface area contributed by atoms with Gasteiger partial charge in [-0.3, -0.25) is 10.1 Å². The van der Waals surface area contributed by atoms with Gasteiger partial charge in [0.15, 0.2) is 0 Å². The van der Waals surface area contributed by atoms with E-state index in [1.54, 1.807) is 38.1 Å². The van der Waals surface area contributed by atoms with E-state index in [0.717, 1.165) is 18.5 Å². The maximum atomic E-state index is 12.2. The predicted octanol–water partition coefficient (Wildman–Crippen LogP) is 4.54. The molecule has 0 fully saturated rings. The fourth-order valence-electron chi connectivity index (χ4n) is 2.52. The van der Waals surface area contributed by atoms with Gasteiger partial charge in [0.1, 0.15) is 24.0 Å². The summed E-state index contributed by atoms with van der Waals surface area (Å²) < 4.78 is 50.2. The number of amidine groups is 1. The van der Waals surface area contributed by atoms with Gasteiger partial charge in [-0.05, 0) is 62.4 Å². The van der Waals surface area contributed by atoms with E-state index in [9.17, 15) is 22.8 Å². The highest BCUT2D eigenvalue weighted by Gasteiger charge is 2.30. The van der Waals surface area contributed by atoms with Crippen molar-refractivity contribution in [3.05, 3.63) is 54.1 Å². The lowest BCUT2D eigenvalue weighted by Crippen LogP contribution is -2.23. The third kappa shape index (κ3) is 9.59. The van der Waals surface area contributed by atoms with E-state index in [1.165, 1.54) is 12.1 Å². The van der Waals surface area contributed by atoms with Crippen LogP contribution in [0.25, 0.3) is 0 Å². The molecular formula is C22H23F3N4O5. The maximum Gasteiger partial charge on any atom is 0.573 e. The number of halogens is 3. The Morgan fingerprint density at radius 2 is 1.76 bits per heavy atom. The molecule has 3 N–H and O–H groups in total. The molecule has 0 aromatic heterocycles. The Labute approximate surface area is 193 Å². The van der Waals surface area contributed by atoms with Gasteiger partial charge in [-0.1, -0.05) is 0 Å². The molecule has 1 atom stereocenters. The van der Waals surface area contributed by atoms with Gasteiger partial charge in [-0.15, -0.1) is 13.2 Å². The number of rotatable bonds is 9. The Kier molecular flexibility index (Phi) is 9.41. The molecule has 0 aliphatic carbocycles. The average Bonchev–Trinajstić information content (AvgIpc) is 2.74. The number of nitrogens with zero attached hydrogens (tertiary/aromatic N) is 2. The van der Waals surface area contributed by atoms with Crippen LogP contribution in [0.4, 0.5) is 29.3 Å². The number of hydrogen-bond acceptors (Lipinski definition) is 6. The van der Waals surface area contributed by atoms with Gasteiger partial charge in [-0.25, -0.2) is 14.8 Å². The molecule has 12 heteroatoms. The molecule has 182 valence electrons. The molecule has 0 aliphatic heterocycles. The van der Waals surface area contributed by atoms with Gasteiger partial charge in [0.05, 0.1) is 18.7 Å². The van der Waals surface area contributed by atoms with Crippen LogP contribution in [0.15, 0.2) is 58.5 Å². The van der Waals surface area contributed by atoms with Crippen LogP contribution in [-0.2, 0) is 14.3 Å². The minimum absolute atomic E-state index is 0.0553. The van der Waals surface area contributed by atoms with Crippen molar-refractivity contribution in [3.63, 3.8) is 0 Å². The lowest BCUT2D eigenvalue weighted by Gasteiger charge is -2.13. The number of hydrogen-bond donors (Lipinski definition) is 2. The Morgan fingerprint density at radius 3 is 2.35 bits per heavy atom. The van der Waals surface area contributed by atoms with Crippen molar-refractivity contribution in [3.8, 4) is 5.75 Å². The van der Waals surface area contributed by atoms with Crippen LogP contribution in [0.5, 0.6) is 5.75 Å². The lowest BCUT2D eigenvalue weighted by atomic mass is 10.2. The molecule has 2 aromatic carbocycles. The van der Waals surface area contributed by atoms with Crippen molar-refractivity contribution in [1.29, 1.82) is 0 Å². The van der Waals surface area contributed by atoms with E-state index in [1.807, 2.05) is 0 Å². The number of nitrogens with one attached hydrogen (secondary N) is 1. The summed E-state index contributed by atoms with van der Waals surface area (Å²) in [6, 6.07) is 11.3. The van der Waals surface area contributed by atoms with E-state index in [4.69, 9.17) is 15.2 Å². The van der Waals surface area contributed by atoms with Crippen LogP contribution in [0.2, 0.25) is 0 Å². The molecular weight excluding hydrogens is 457 g/mol. The number of nitrogens with two attached hydrogens (primary N) is 1. The summed E-state index contributed by atoms with van der Waals surface area (Å²) in [6.45, 7) is 3.50. The molecule has 34 heavy (non-hydrogen) atoms. The first-order valence-corrected chi connectivity index (χ1v) is 10.0. The van der Waals surface area contributed by atoms with Crippen LogP contribution in [0.3, 0.4) is 0 Å². The second-order valence-electron chi connectivity index (χ2n) is 6.73. The zero-order valence-corrected chi connectivity index (χ0v) is 18.3. The lowest BCUT2D eigenvalue weighted by molar-refractivity contribution is -0.274. The second kappa shape index (κ2) is 12.2. The number of anilines is 1. The number of carbonyl (C=O) groups excluding carboxylic acids is 2. The first-order chi connectivity index (χ1) is 16.1. The number of alkyl halides is 3. The summed E-state index contributed by atoms with van der Waals surface area (Å²) >= 11 is 0. The topological polar surface area (TPSA) is 125 Å². The molecule has 2 aromatic rings. The zero-order chi connectivity index (χ0) is 25.1. The van der Waals surface area contributed by atoms with Gasteiger partial charge in [0, 0.05) is 11.3 Å². The van der Waals surface area contributed by atoms with Crippen molar-refractivity contribution in [1.82, 2.24) is 0 Å². The smallest absolute Gasteiger partial charge is 0.466 e. The molecule has 0 bridgehead atoms. The molecule has 2 rings (SSSR count). The van der Waals surface area contributed by atoms with E-state index < -0.39 is 24.5 Å². The molecule has 1 unspecified atom stereocenters. The molecule has 0 saturated carbocycles. The van der Waals surface area contributed by atoms with Crippen LogP contribution < -0.4 is 15.8 Å². The number of benzene rings is 2. The van der Waals surface area contributed by atoms with Gasteiger partial charge < -0.3 is 19.9 Å². The Hall–Kier alpha value is -4.09. The molecule has 0 spiro atoms. The fourth-order valence-corrected chi connectivity index (χ4v) is 2.52. The molecule has 0 aliphatic rings. The largest absolute Gasteiger partial charge is 0.573 e. The predicted molar refractivity (Wildman–Crippen MR) is 119 cm³/mol. The summed E-state index contributed by atoms with van der Waals surface area (Å²) in [5.41, 5.74) is 7.21. The monoisotopic (exact) mass is 480 g/mol. The zero-order valence-electron chi connectivity index (χ0n) is 18.3. The highest BCUT2D eigenvalue weighted by Crippen LogP contribution is 2.24. The van der Waals surface area contributed by atoms with E-state index in [2.05, 4.69) is 20.0 Å². The van der Waals surface area contributed by atoms with E-state index in [-0.39, 0.29) is 24.6 Å². The number of aliphatic imine (C=N–C) groups is 2. The van der Waals surface area contributed by atoms with Crippen LogP contribution in [0.1, 0.15) is 25.8 Å². The van der Waals surface area contributed by atoms with Crippen molar-refractivity contribution < 1.29 is 37.0 Å². The average molecular weight is 480 g/mol. The SMILES string of the molecule is CCOC(=O)CC(C)OC(=O)Nc1ccc(C(N)=NC=Nc2ccc(OC(F)(F)F)cc2)cc1. The van der Waals surface area contributed by atoms with E-state index >= 15 is 0 Å². The maximum absolute atomic E-state index is 12.2. The molecule has 0 heterocycles. The van der Waals surface area contributed by atoms with Crippen molar-refractivity contribution in [2.45, 2.75) is 32.7 Å². The molecule has 1 amide bonds. The summed E-state index contributed by atoms with van der Waals surface area (Å²) in [5.74, 6) is -0.698. The third-order valence-electron chi connectivity index (χ3n) is 3.97. The molecule has 0 radical (unpaired) electrons. The van der Waals surface area contributed by atoms with Crippen LogP contribution in [0, 0.1) is 0 Å². The Morgan fingerprint density at radius 1 is 1.12 bits per heavy atom. The highest BCUT2D eigenvalue weighted by molar-refractivity contribution is 6.01. The number of carbonyl (C=O) groups is 2. The van der Waals surface area contributed by atoms with Crippen molar-refractivity contribution in [2.24, 2.45) is 15.7 Å². The van der Waals surface area contributed by atoms with Gasteiger partial charge in [0.2, 0.25) is 0 Å². The summed E-state index contributed by atoms with van der Waals surface area (Å²) in [6.07, 6.45) is -5.06. The molecule has 9 nitrogen and oxygen atoms in total. The first kappa shape index (κ1) is 26.2. The van der Waals surface area contributed by atoms with Gasteiger partial charge >= 0.3 is 18.4 Å². The fraction of sp³-hybridized carbons (Fsp3) is 0.273. The Bertz CT molecular complexity index is 1020. The summed E-state index contributed by atoms with van der Waals surface area (Å²) in [4.78, 5) is 31.3. The minimum Gasteiger partial charge on any atom is -0.466 e. The quantitative estimate of drug-likeness (QED) is 0.308. The van der Waals surface area contributed by atoms with Gasteiger partial charge in [-0.2, -0.15) is 0 Å². The second-order valence-corrected chi connectivity index (χ2v) is 6.73. The highest BCUT2D eigenvalue weighted by atomic mass is 19.4. The summed E-state index contributed by atoms with van der Waals surface area (Å²) in [7, 11) is 0. The van der Waals surface area contributed by atoms with E-state index in [0.29, 0.717) is 16.9 Å². The van der Waals surface area contributed by atoms with Crippen molar-refractivity contribution >= 4 is 35.6 Å². The van der Waals surface area contributed by atoms with Crippen LogP contribution >= 0.6 is 0 Å².